The number of aromatic nitrogens is 2. The standard InChI is InChI=1S/C23H25N3O2S2/c1-4-12-26-22(28)19-18(17-10-11-17)14-29-20(19)24-23(26)30-15(2)21(27)25(3)13-16-8-6-5-7-9-16/h4-9,14-15,17H,1,10-13H2,2-3H3. The molecule has 156 valence electrons. The van der Waals surface area contributed by atoms with Crippen molar-refractivity contribution in [2.75, 3.05) is 7.05 Å². The van der Waals surface area contributed by atoms with Gasteiger partial charge in [0.1, 0.15) is 4.83 Å². The maximum absolute atomic E-state index is 13.3. The lowest BCUT2D eigenvalue weighted by atomic mass is 10.1. The Morgan fingerprint density at radius 3 is 2.80 bits per heavy atom. The maximum Gasteiger partial charge on any atom is 0.263 e. The maximum atomic E-state index is 13.3. The zero-order chi connectivity index (χ0) is 21.3. The van der Waals surface area contributed by atoms with Crippen molar-refractivity contribution in [3.8, 4) is 0 Å². The number of fused-ring (bicyclic) bond motifs is 1. The number of hydrogen-bond acceptors (Lipinski definition) is 5. The predicted molar refractivity (Wildman–Crippen MR) is 124 cm³/mol. The summed E-state index contributed by atoms with van der Waals surface area (Å²) < 4.78 is 1.65. The first kappa shape index (κ1) is 20.9. The molecule has 1 amide bonds. The molecule has 2 aromatic heterocycles. The molecule has 0 bridgehead atoms. The van der Waals surface area contributed by atoms with Gasteiger partial charge in [-0.25, -0.2) is 4.98 Å². The molecule has 1 unspecified atom stereocenters. The van der Waals surface area contributed by atoms with E-state index in [1.165, 1.54) is 23.1 Å². The van der Waals surface area contributed by atoms with Crippen molar-refractivity contribution >= 4 is 39.2 Å². The van der Waals surface area contributed by atoms with Crippen LogP contribution < -0.4 is 5.56 Å². The van der Waals surface area contributed by atoms with E-state index < -0.39 is 0 Å². The van der Waals surface area contributed by atoms with E-state index in [1.807, 2.05) is 37.3 Å². The molecule has 0 aliphatic heterocycles. The molecule has 30 heavy (non-hydrogen) atoms. The molecule has 0 radical (unpaired) electrons. The monoisotopic (exact) mass is 439 g/mol. The highest BCUT2D eigenvalue weighted by Gasteiger charge is 2.29. The van der Waals surface area contributed by atoms with Crippen LogP contribution in [0.2, 0.25) is 0 Å². The van der Waals surface area contributed by atoms with Crippen molar-refractivity contribution in [3.63, 3.8) is 0 Å². The molecule has 1 atom stereocenters. The van der Waals surface area contributed by atoms with Gasteiger partial charge in [-0.05, 0) is 42.2 Å². The molecular formula is C23H25N3O2S2. The van der Waals surface area contributed by atoms with Gasteiger partial charge in [-0.1, -0.05) is 48.2 Å². The lowest BCUT2D eigenvalue weighted by Crippen LogP contribution is -2.33. The van der Waals surface area contributed by atoms with Crippen LogP contribution in [0.25, 0.3) is 10.2 Å². The van der Waals surface area contributed by atoms with Gasteiger partial charge < -0.3 is 4.90 Å². The predicted octanol–water partition coefficient (Wildman–Crippen LogP) is 4.66. The number of carbonyl (C=O) groups is 1. The van der Waals surface area contributed by atoms with Gasteiger partial charge in [0.15, 0.2) is 5.16 Å². The summed E-state index contributed by atoms with van der Waals surface area (Å²) >= 11 is 2.86. The fraction of sp³-hybridized carbons (Fsp3) is 0.348. The van der Waals surface area contributed by atoms with E-state index >= 15 is 0 Å². The molecular weight excluding hydrogens is 414 g/mol. The Morgan fingerprint density at radius 2 is 2.13 bits per heavy atom. The van der Waals surface area contributed by atoms with Crippen molar-refractivity contribution in [3.05, 3.63) is 69.8 Å². The van der Waals surface area contributed by atoms with Crippen LogP contribution in [0, 0.1) is 0 Å². The van der Waals surface area contributed by atoms with Crippen LogP contribution in [0.15, 0.2) is 58.3 Å². The molecule has 1 aliphatic rings. The molecule has 1 fully saturated rings. The van der Waals surface area contributed by atoms with Gasteiger partial charge in [0, 0.05) is 20.1 Å². The van der Waals surface area contributed by atoms with E-state index in [0.29, 0.717) is 24.2 Å². The highest BCUT2D eigenvalue weighted by molar-refractivity contribution is 8.00. The van der Waals surface area contributed by atoms with Crippen molar-refractivity contribution in [2.45, 2.75) is 49.2 Å². The summed E-state index contributed by atoms with van der Waals surface area (Å²) in [7, 11) is 1.81. The number of allylic oxidation sites excluding steroid dienone is 1. The molecule has 4 rings (SSSR count). The second-order valence-corrected chi connectivity index (χ2v) is 9.85. The molecule has 0 N–H and O–H groups in total. The highest BCUT2D eigenvalue weighted by atomic mass is 32.2. The van der Waals surface area contributed by atoms with Gasteiger partial charge in [-0.15, -0.1) is 17.9 Å². The quantitative estimate of drug-likeness (QED) is 0.291. The molecule has 1 saturated carbocycles. The summed E-state index contributed by atoms with van der Waals surface area (Å²) in [5.41, 5.74) is 2.19. The lowest BCUT2D eigenvalue weighted by Gasteiger charge is -2.22. The Kier molecular flexibility index (Phi) is 6.11. The topological polar surface area (TPSA) is 55.2 Å². The van der Waals surface area contributed by atoms with Crippen molar-refractivity contribution in [2.24, 2.45) is 0 Å². The second-order valence-electron chi connectivity index (χ2n) is 7.68. The van der Waals surface area contributed by atoms with Crippen LogP contribution in [0.4, 0.5) is 0 Å². The fourth-order valence-corrected chi connectivity index (χ4v) is 5.65. The number of benzene rings is 1. The van der Waals surface area contributed by atoms with E-state index in [-0.39, 0.29) is 16.7 Å². The van der Waals surface area contributed by atoms with Gasteiger partial charge in [0.25, 0.3) is 5.56 Å². The Balaban J connectivity index is 1.59. The third kappa shape index (κ3) is 4.23. The average Bonchev–Trinajstić information content (AvgIpc) is 3.50. The van der Waals surface area contributed by atoms with Crippen LogP contribution >= 0.6 is 23.1 Å². The second kappa shape index (κ2) is 8.78. The molecule has 0 spiro atoms. The minimum Gasteiger partial charge on any atom is -0.340 e. The van der Waals surface area contributed by atoms with Crippen LogP contribution in [0.3, 0.4) is 0 Å². The van der Waals surface area contributed by atoms with Crippen molar-refractivity contribution in [1.29, 1.82) is 0 Å². The summed E-state index contributed by atoms with van der Waals surface area (Å²) in [4.78, 5) is 33.5. The van der Waals surface area contributed by atoms with Gasteiger partial charge in [0.2, 0.25) is 5.91 Å². The highest BCUT2D eigenvalue weighted by Crippen LogP contribution is 2.44. The summed E-state index contributed by atoms with van der Waals surface area (Å²) in [5.74, 6) is 0.504. The van der Waals surface area contributed by atoms with E-state index in [2.05, 4.69) is 12.0 Å². The Labute approximate surface area is 184 Å². The smallest absolute Gasteiger partial charge is 0.263 e. The number of thiophene rings is 1. The Hall–Kier alpha value is -2.38. The third-order valence-corrected chi connectivity index (χ3v) is 7.25. The van der Waals surface area contributed by atoms with Crippen LogP contribution in [0.5, 0.6) is 0 Å². The lowest BCUT2D eigenvalue weighted by molar-refractivity contribution is -0.129. The number of hydrogen-bond donors (Lipinski definition) is 0. The summed E-state index contributed by atoms with van der Waals surface area (Å²) in [6.45, 7) is 6.59. The van der Waals surface area contributed by atoms with Crippen LogP contribution in [-0.2, 0) is 17.9 Å². The molecule has 0 saturated heterocycles. The Morgan fingerprint density at radius 1 is 1.40 bits per heavy atom. The fourth-order valence-electron chi connectivity index (χ4n) is 3.56. The first-order chi connectivity index (χ1) is 14.5. The molecule has 1 aliphatic carbocycles. The zero-order valence-electron chi connectivity index (χ0n) is 17.2. The molecule has 1 aromatic carbocycles. The first-order valence-electron chi connectivity index (χ1n) is 10.1. The molecule has 3 aromatic rings. The summed E-state index contributed by atoms with van der Waals surface area (Å²) in [6.07, 6.45) is 3.99. The normalized spacial score (nSPS) is 14.6. The molecule has 7 heteroatoms. The van der Waals surface area contributed by atoms with Gasteiger partial charge in [0.05, 0.1) is 10.6 Å². The molecule has 5 nitrogen and oxygen atoms in total. The van der Waals surface area contributed by atoms with Gasteiger partial charge in [-0.2, -0.15) is 0 Å². The Bertz CT molecular complexity index is 1130. The van der Waals surface area contributed by atoms with E-state index in [9.17, 15) is 9.59 Å². The van der Waals surface area contributed by atoms with Crippen molar-refractivity contribution in [1.82, 2.24) is 14.5 Å². The number of thioether (sulfide) groups is 1. The number of carbonyl (C=O) groups excluding carboxylic acids is 1. The summed E-state index contributed by atoms with van der Waals surface area (Å²) in [5, 5.41) is 3.03. The zero-order valence-corrected chi connectivity index (χ0v) is 18.8. The van der Waals surface area contributed by atoms with E-state index in [0.717, 1.165) is 34.2 Å². The van der Waals surface area contributed by atoms with Crippen LogP contribution in [0.1, 0.15) is 36.8 Å². The SMILES string of the molecule is C=CCn1c(SC(C)C(=O)N(C)Cc2ccccc2)nc2scc(C3CC3)c2c1=O. The minimum atomic E-state index is -0.359. The van der Waals surface area contributed by atoms with Gasteiger partial charge in [-0.3, -0.25) is 14.2 Å². The van der Waals surface area contributed by atoms with Crippen LogP contribution in [-0.4, -0.2) is 32.7 Å². The van der Waals surface area contributed by atoms with E-state index in [4.69, 9.17) is 4.98 Å². The number of rotatable bonds is 8. The first-order valence-corrected chi connectivity index (χ1v) is 11.8. The minimum absolute atomic E-state index is 0.00759. The largest absolute Gasteiger partial charge is 0.340 e. The van der Waals surface area contributed by atoms with Crippen molar-refractivity contribution < 1.29 is 4.79 Å². The van der Waals surface area contributed by atoms with E-state index in [1.54, 1.807) is 22.6 Å². The molecule has 2 heterocycles. The third-order valence-electron chi connectivity index (χ3n) is 5.28. The van der Waals surface area contributed by atoms with Gasteiger partial charge >= 0.3 is 0 Å². The average molecular weight is 440 g/mol. The summed E-state index contributed by atoms with van der Waals surface area (Å²) in [6, 6.07) is 9.91. The number of amides is 1. The number of nitrogens with zero attached hydrogens (tertiary/aromatic N) is 3.